The van der Waals surface area contributed by atoms with E-state index in [4.69, 9.17) is 5.73 Å². The molecule has 0 aromatic heterocycles. The summed E-state index contributed by atoms with van der Waals surface area (Å²) in [5.41, 5.74) is 6.33. The lowest BCUT2D eigenvalue weighted by Gasteiger charge is -2.21. The van der Waals surface area contributed by atoms with Gasteiger partial charge in [0, 0.05) is 17.1 Å². The molecule has 22 heavy (non-hydrogen) atoms. The Balaban J connectivity index is 1.99. The van der Waals surface area contributed by atoms with Crippen LogP contribution in [0.5, 0.6) is 0 Å². The molecule has 1 aromatic rings. The number of hydrogen-bond acceptors (Lipinski definition) is 4. The number of halogens is 1. The van der Waals surface area contributed by atoms with E-state index < -0.39 is 15.6 Å². The van der Waals surface area contributed by atoms with E-state index in [0.29, 0.717) is 18.7 Å². The Morgan fingerprint density at radius 1 is 1.36 bits per heavy atom. The van der Waals surface area contributed by atoms with Gasteiger partial charge in [-0.25, -0.2) is 8.42 Å². The number of amides is 1. The lowest BCUT2D eigenvalue weighted by atomic mass is 10.1. The Morgan fingerprint density at radius 2 is 2.00 bits per heavy atom. The lowest BCUT2D eigenvalue weighted by Crippen LogP contribution is -2.38. The standard InChI is InChI=1S/C15H21BrN2O3S/c1-11-6-13(7-17)8-18(11)15(19)10-22(20,21)9-12-2-4-14(16)5-3-12/h2-5,11,13H,6-10,17H2,1H3. The fourth-order valence-corrected chi connectivity index (χ4v) is 4.43. The Kier molecular flexibility index (Phi) is 5.63. The summed E-state index contributed by atoms with van der Waals surface area (Å²) in [7, 11) is -3.47. The van der Waals surface area contributed by atoms with Crippen LogP contribution in [-0.4, -0.2) is 44.1 Å². The highest BCUT2D eigenvalue weighted by molar-refractivity contribution is 9.10. The second-order valence-electron chi connectivity index (χ2n) is 5.89. The summed E-state index contributed by atoms with van der Waals surface area (Å²) in [5.74, 6) is -0.604. The van der Waals surface area contributed by atoms with Gasteiger partial charge in [0.2, 0.25) is 5.91 Å². The molecule has 0 radical (unpaired) electrons. The first-order chi connectivity index (χ1) is 10.3. The van der Waals surface area contributed by atoms with Crippen molar-refractivity contribution in [3.05, 3.63) is 34.3 Å². The predicted octanol–water partition coefficient (Wildman–Crippen LogP) is 1.56. The molecule has 2 N–H and O–H groups in total. The second kappa shape index (κ2) is 7.10. The molecular weight excluding hydrogens is 368 g/mol. The molecule has 1 amide bonds. The van der Waals surface area contributed by atoms with Crippen molar-refractivity contribution >= 4 is 31.7 Å². The van der Waals surface area contributed by atoms with Gasteiger partial charge in [-0.15, -0.1) is 0 Å². The fraction of sp³-hybridized carbons (Fsp3) is 0.533. The number of hydrogen-bond donors (Lipinski definition) is 1. The van der Waals surface area contributed by atoms with Crippen molar-refractivity contribution in [2.24, 2.45) is 11.7 Å². The van der Waals surface area contributed by atoms with Crippen LogP contribution in [-0.2, 0) is 20.4 Å². The zero-order valence-electron chi connectivity index (χ0n) is 12.5. The van der Waals surface area contributed by atoms with E-state index in [1.54, 1.807) is 29.2 Å². The van der Waals surface area contributed by atoms with E-state index in [1.807, 2.05) is 6.92 Å². The molecule has 1 saturated heterocycles. The summed E-state index contributed by atoms with van der Waals surface area (Å²) in [5, 5.41) is 0. The summed E-state index contributed by atoms with van der Waals surface area (Å²) >= 11 is 3.31. The summed E-state index contributed by atoms with van der Waals surface area (Å²) in [6.07, 6.45) is 0.842. The SMILES string of the molecule is CC1CC(CN)CN1C(=O)CS(=O)(=O)Cc1ccc(Br)cc1. The van der Waals surface area contributed by atoms with Crippen LogP contribution in [0.1, 0.15) is 18.9 Å². The maximum absolute atomic E-state index is 12.3. The molecule has 1 fully saturated rings. The van der Waals surface area contributed by atoms with Gasteiger partial charge in [-0.2, -0.15) is 0 Å². The number of nitrogens with zero attached hydrogens (tertiary/aromatic N) is 1. The van der Waals surface area contributed by atoms with Gasteiger partial charge in [0.15, 0.2) is 9.84 Å². The normalized spacial score (nSPS) is 22.0. The van der Waals surface area contributed by atoms with Crippen molar-refractivity contribution in [3.8, 4) is 0 Å². The van der Waals surface area contributed by atoms with Crippen LogP contribution < -0.4 is 5.73 Å². The average molecular weight is 389 g/mol. The van der Waals surface area contributed by atoms with Gasteiger partial charge >= 0.3 is 0 Å². The second-order valence-corrected chi connectivity index (χ2v) is 8.87. The first kappa shape index (κ1) is 17.4. The molecule has 0 bridgehead atoms. The number of benzene rings is 1. The third-order valence-electron chi connectivity index (χ3n) is 3.96. The maximum Gasteiger partial charge on any atom is 0.238 e. The molecule has 122 valence electrons. The van der Waals surface area contributed by atoms with Crippen molar-refractivity contribution in [2.45, 2.75) is 25.1 Å². The first-order valence-electron chi connectivity index (χ1n) is 7.25. The van der Waals surface area contributed by atoms with Crippen molar-refractivity contribution in [2.75, 3.05) is 18.8 Å². The minimum atomic E-state index is -3.47. The average Bonchev–Trinajstić information content (AvgIpc) is 2.82. The van der Waals surface area contributed by atoms with Crippen LogP contribution in [0.25, 0.3) is 0 Å². The van der Waals surface area contributed by atoms with Gasteiger partial charge in [-0.3, -0.25) is 4.79 Å². The highest BCUT2D eigenvalue weighted by Gasteiger charge is 2.33. The number of carbonyl (C=O) groups is 1. The summed E-state index contributed by atoms with van der Waals surface area (Å²) < 4.78 is 25.3. The van der Waals surface area contributed by atoms with E-state index >= 15 is 0 Å². The smallest absolute Gasteiger partial charge is 0.238 e. The van der Waals surface area contributed by atoms with E-state index in [-0.39, 0.29) is 23.6 Å². The van der Waals surface area contributed by atoms with Crippen LogP contribution in [0.2, 0.25) is 0 Å². The maximum atomic E-state index is 12.3. The molecule has 2 atom stereocenters. The molecule has 2 rings (SSSR count). The molecule has 1 aliphatic heterocycles. The number of sulfone groups is 1. The Bertz CT molecular complexity index is 631. The van der Waals surface area contributed by atoms with E-state index in [0.717, 1.165) is 10.9 Å². The van der Waals surface area contributed by atoms with Gasteiger partial charge in [0.1, 0.15) is 5.75 Å². The topological polar surface area (TPSA) is 80.5 Å². The zero-order valence-corrected chi connectivity index (χ0v) is 14.9. The summed E-state index contributed by atoms with van der Waals surface area (Å²) in [4.78, 5) is 13.9. The van der Waals surface area contributed by atoms with Gasteiger partial charge in [0.05, 0.1) is 5.75 Å². The van der Waals surface area contributed by atoms with E-state index in [2.05, 4.69) is 15.9 Å². The number of likely N-dealkylation sites (tertiary alicyclic amines) is 1. The van der Waals surface area contributed by atoms with Gasteiger partial charge in [0.25, 0.3) is 0 Å². The van der Waals surface area contributed by atoms with Gasteiger partial charge in [-0.05, 0) is 43.5 Å². The zero-order chi connectivity index (χ0) is 16.3. The van der Waals surface area contributed by atoms with Crippen LogP contribution >= 0.6 is 15.9 Å². The van der Waals surface area contributed by atoms with Crippen molar-refractivity contribution < 1.29 is 13.2 Å². The molecule has 0 spiro atoms. The largest absolute Gasteiger partial charge is 0.339 e. The molecule has 1 heterocycles. The summed E-state index contributed by atoms with van der Waals surface area (Å²) in [6.45, 7) is 3.03. The number of nitrogens with two attached hydrogens (primary N) is 1. The molecule has 7 heteroatoms. The molecule has 5 nitrogen and oxygen atoms in total. The van der Waals surface area contributed by atoms with E-state index in [1.165, 1.54) is 0 Å². The molecular formula is C15H21BrN2O3S. The Hall–Kier alpha value is -0.920. The van der Waals surface area contributed by atoms with E-state index in [9.17, 15) is 13.2 Å². The van der Waals surface area contributed by atoms with Crippen molar-refractivity contribution in [1.82, 2.24) is 4.90 Å². The van der Waals surface area contributed by atoms with Crippen molar-refractivity contribution in [1.29, 1.82) is 0 Å². The first-order valence-corrected chi connectivity index (χ1v) is 9.86. The Morgan fingerprint density at radius 3 is 2.55 bits per heavy atom. The number of carbonyl (C=O) groups excluding carboxylic acids is 1. The quantitative estimate of drug-likeness (QED) is 0.829. The van der Waals surface area contributed by atoms with Crippen molar-refractivity contribution in [3.63, 3.8) is 0 Å². The van der Waals surface area contributed by atoms with Crippen LogP contribution in [0.4, 0.5) is 0 Å². The molecule has 2 unspecified atom stereocenters. The van der Waals surface area contributed by atoms with Crippen LogP contribution in [0.3, 0.4) is 0 Å². The monoisotopic (exact) mass is 388 g/mol. The highest BCUT2D eigenvalue weighted by Crippen LogP contribution is 2.22. The minimum Gasteiger partial charge on any atom is -0.339 e. The molecule has 0 aliphatic carbocycles. The number of rotatable bonds is 5. The molecule has 1 aromatic carbocycles. The third kappa shape index (κ3) is 4.54. The van der Waals surface area contributed by atoms with Crippen LogP contribution in [0.15, 0.2) is 28.7 Å². The molecule has 1 aliphatic rings. The van der Waals surface area contributed by atoms with Gasteiger partial charge < -0.3 is 10.6 Å². The Labute approximate surface area is 139 Å². The summed E-state index contributed by atoms with van der Waals surface area (Å²) in [6, 6.07) is 7.13. The van der Waals surface area contributed by atoms with Gasteiger partial charge in [-0.1, -0.05) is 28.1 Å². The van der Waals surface area contributed by atoms with Crippen LogP contribution in [0, 0.1) is 5.92 Å². The highest BCUT2D eigenvalue weighted by atomic mass is 79.9. The minimum absolute atomic E-state index is 0.0592. The predicted molar refractivity (Wildman–Crippen MR) is 90.0 cm³/mol. The lowest BCUT2D eigenvalue weighted by molar-refractivity contribution is -0.129. The molecule has 0 saturated carbocycles. The third-order valence-corrected chi connectivity index (χ3v) is 5.95. The fourth-order valence-electron chi connectivity index (χ4n) is 2.82.